The van der Waals surface area contributed by atoms with Gasteiger partial charge in [0.15, 0.2) is 0 Å². The van der Waals surface area contributed by atoms with Gasteiger partial charge in [0, 0.05) is 24.4 Å². The molecule has 17 heavy (non-hydrogen) atoms. The maximum Gasteiger partial charge on any atom is 0.0303 e. The Kier molecular flexibility index (Phi) is 3.39. The standard InChI is InChI=1S/C14H21N3/c1-2-12(10-16-5-1)13-8-14(13)17-9-11-3-6-15-7-4-11/h1-2,5,10-11,13-15,17H,3-4,6-9H2/t13-,14+/m0/s1. The minimum absolute atomic E-state index is 0.703. The smallest absolute Gasteiger partial charge is 0.0303 e. The van der Waals surface area contributed by atoms with E-state index in [4.69, 9.17) is 0 Å². The van der Waals surface area contributed by atoms with E-state index in [9.17, 15) is 0 Å². The van der Waals surface area contributed by atoms with Crippen LogP contribution in [0.5, 0.6) is 0 Å². The van der Waals surface area contributed by atoms with Crippen molar-refractivity contribution in [3.63, 3.8) is 0 Å². The summed E-state index contributed by atoms with van der Waals surface area (Å²) in [6.45, 7) is 3.59. The molecule has 1 saturated heterocycles. The van der Waals surface area contributed by atoms with Crippen molar-refractivity contribution in [1.29, 1.82) is 0 Å². The van der Waals surface area contributed by atoms with Crippen LogP contribution < -0.4 is 10.6 Å². The van der Waals surface area contributed by atoms with Crippen LogP contribution in [0.25, 0.3) is 0 Å². The lowest BCUT2D eigenvalue weighted by Gasteiger charge is -2.22. The number of hydrogen-bond donors (Lipinski definition) is 2. The molecule has 1 aromatic rings. The van der Waals surface area contributed by atoms with Gasteiger partial charge in [-0.15, -0.1) is 0 Å². The zero-order chi connectivity index (χ0) is 11.5. The van der Waals surface area contributed by atoms with Crippen LogP contribution in [0, 0.1) is 5.92 Å². The van der Waals surface area contributed by atoms with Gasteiger partial charge in [0.2, 0.25) is 0 Å². The second-order valence-electron chi connectivity index (χ2n) is 5.34. The van der Waals surface area contributed by atoms with Gasteiger partial charge in [-0.1, -0.05) is 6.07 Å². The van der Waals surface area contributed by atoms with Gasteiger partial charge in [-0.2, -0.15) is 0 Å². The summed E-state index contributed by atoms with van der Waals surface area (Å²) in [6, 6.07) is 4.94. The van der Waals surface area contributed by atoms with Crippen LogP contribution in [0.1, 0.15) is 30.7 Å². The van der Waals surface area contributed by atoms with Crippen molar-refractivity contribution in [2.24, 2.45) is 5.92 Å². The highest BCUT2D eigenvalue weighted by atomic mass is 15.0. The molecule has 0 spiro atoms. The molecule has 2 fully saturated rings. The second kappa shape index (κ2) is 5.15. The number of nitrogens with zero attached hydrogens (tertiary/aromatic N) is 1. The van der Waals surface area contributed by atoms with Crippen LogP contribution in [-0.4, -0.2) is 30.7 Å². The Balaban J connectivity index is 1.43. The molecular weight excluding hydrogens is 210 g/mol. The van der Waals surface area contributed by atoms with Crippen LogP contribution >= 0.6 is 0 Å². The lowest BCUT2D eigenvalue weighted by Crippen LogP contribution is -2.34. The second-order valence-corrected chi connectivity index (χ2v) is 5.34. The summed E-state index contributed by atoms with van der Waals surface area (Å²) in [7, 11) is 0. The molecule has 1 aliphatic carbocycles. The molecule has 2 atom stereocenters. The van der Waals surface area contributed by atoms with Crippen molar-refractivity contribution in [1.82, 2.24) is 15.6 Å². The Morgan fingerprint density at radius 1 is 1.35 bits per heavy atom. The Labute approximate surface area is 103 Å². The molecule has 1 aromatic heterocycles. The predicted octanol–water partition coefficient (Wildman–Crippen LogP) is 1.53. The van der Waals surface area contributed by atoms with E-state index in [1.807, 2.05) is 18.5 Å². The van der Waals surface area contributed by atoms with Crippen molar-refractivity contribution >= 4 is 0 Å². The van der Waals surface area contributed by atoms with Gasteiger partial charge in [-0.05, 0) is 56.4 Å². The van der Waals surface area contributed by atoms with Gasteiger partial charge in [0.1, 0.15) is 0 Å². The maximum atomic E-state index is 4.19. The van der Waals surface area contributed by atoms with Crippen molar-refractivity contribution < 1.29 is 0 Å². The average molecular weight is 231 g/mol. The van der Waals surface area contributed by atoms with E-state index >= 15 is 0 Å². The summed E-state index contributed by atoms with van der Waals surface area (Å²) in [5.74, 6) is 1.59. The number of hydrogen-bond acceptors (Lipinski definition) is 3. The first-order chi connectivity index (χ1) is 8.43. The summed E-state index contributed by atoms with van der Waals surface area (Å²) >= 11 is 0. The van der Waals surface area contributed by atoms with E-state index in [0.29, 0.717) is 12.0 Å². The summed E-state index contributed by atoms with van der Waals surface area (Å²) in [5.41, 5.74) is 1.40. The zero-order valence-electron chi connectivity index (χ0n) is 10.2. The first-order valence-electron chi connectivity index (χ1n) is 6.77. The van der Waals surface area contributed by atoms with Gasteiger partial charge < -0.3 is 10.6 Å². The normalized spacial score (nSPS) is 29.2. The number of rotatable bonds is 4. The molecule has 3 heteroatoms. The highest BCUT2D eigenvalue weighted by Gasteiger charge is 2.38. The topological polar surface area (TPSA) is 37.0 Å². The molecule has 0 aromatic carbocycles. The fraction of sp³-hybridized carbons (Fsp3) is 0.643. The van der Waals surface area contributed by atoms with Gasteiger partial charge >= 0.3 is 0 Å². The predicted molar refractivity (Wildman–Crippen MR) is 69.0 cm³/mol. The summed E-state index contributed by atoms with van der Waals surface area (Å²) in [6.07, 6.45) is 7.81. The van der Waals surface area contributed by atoms with E-state index in [1.165, 1.54) is 44.5 Å². The van der Waals surface area contributed by atoms with Crippen LogP contribution in [-0.2, 0) is 0 Å². The molecule has 2 aliphatic rings. The largest absolute Gasteiger partial charge is 0.317 e. The zero-order valence-corrected chi connectivity index (χ0v) is 10.2. The number of piperidine rings is 1. The van der Waals surface area contributed by atoms with Crippen LogP contribution in [0.3, 0.4) is 0 Å². The quantitative estimate of drug-likeness (QED) is 0.825. The van der Waals surface area contributed by atoms with Crippen molar-refractivity contribution in [2.45, 2.75) is 31.2 Å². The van der Waals surface area contributed by atoms with Crippen molar-refractivity contribution in [3.8, 4) is 0 Å². The Bertz CT molecular complexity index is 346. The molecule has 1 saturated carbocycles. The first kappa shape index (κ1) is 11.2. The SMILES string of the molecule is c1cncc([C@@H]2C[C@H]2NCC2CCNCC2)c1. The lowest BCUT2D eigenvalue weighted by molar-refractivity contribution is 0.355. The molecule has 0 radical (unpaired) electrons. The lowest BCUT2D eigenvalue weighted by atomic mass is 9.98. The molecule has 0 bridgehead atoms. The van der Waals surface area contributed by atoms with Crippen LogP contribution in [0.2, 0.25) is 0 Å². The molecule has 0 unspecified atom stereocenters. The minimum atomic E-state index is 0.703. The Hall–Kier alpha value is -0.930. The van der Waals surface area contributed by atoms with Gasteiger partial charge in [0.25, 0.3) is 0 Å². The van der Waals surface area contributed by atoms with E-state index in [0.717, 1.165) is 5.92 Å². The summed E-state index contributed by atoms with van der Waals surface area (Å²) < 4.78 is 0. The Morgan fingerprint density at radius 2 is 2.24 bits per heavy atom. The highest BCUT2D eigenvalue weighted by Crippen LogP contribution is 2.40. The molecule has 1 aliphatic heterocycles. The van der Waals surface area contributed by atoms with Crippen LogP contribution in [0.4, 0.5) is 0 Å². The number of aromatic nitrogens is 1. The van der Waals surface area contributed by atoms with E-state index in [2.05, 4.69) is 21.7 Å². The van der Waals surface area contributed by atoms with Gasteiger partial charge in [0.05, 0.1) is 0 Å². The number of pyridine rings is 1. The van der Waals surface area contributed by atoms with E-state index in [1.54, 1.807) is 0 Å². The molecular formula is C14H21N3. The highest BCUT2D eigenvalue weighted by molar-refractivity contribution is 5.24. The van der Waals surface area contributed by atoms with Crippen LogP contribution in [0.15, 0.2) is 24.5 Å². The third-order valence-electron chi connectivity index (χ3n) is 4.03. The fourth-order valence-corrected chi connectivity index (χ4v) is 2.79. The van der Waals surface area contributed by atoms with Crippen molar-refractivity contribution in [2.75, 3.05) is 19.6 Å². The third kappa shape index (κ3) is 2.85. The third-order valence-corrected chi connectivity index (χ3v) is 4.03. The first-order valence-corrected chi connectivity index (χ1v) is 6.77. The minimum Gasteiger partial charge on any atom is -0.317 e. The molecule has 3 nitrogen and oxygen atoms in total. The van der Waals surface area contributed by atoms with E-state index in [-0.39, 0.29) is 0 Å². The molecule has 0 amide bonds. The maximum absolute atomic E-state index is 4.19. The summed E-state index contributed by atoms with van der Waals surface area (Å²) in [4.78, 5) is 4.19. The van der Waals surface area contributed by atoms with E-state index < -0.39 is 0 Å². The number of nitrogens with one attached hydrogen (secondary N) is 2. The summed E-state index contributed by atoms with van der Waals surface area (Å²) in [5, 5.41) is 7.14. The monoisotopic (exact) mass is 231 g/mol. The molecule has 2 heterocycles. The van der Waals surface area contributed by atoms with Gasteiger partial charge in [-0.3, -0.25) is 4.98 Å². The molecule has 3 rings (SSSR count). The molecule has 2 N–H and O–H groups in total. The van der Waals surface area contributed by atoms with Crippen molar-refractivity contribution in [3.05, 3.63) is 30.1 Å². The average Bonchev–Trinajstić information content (AvgIpc) is 3.18. The fourth-order valence-electron chi connectivity index (χ4n) is 2.79. The Morgan fingerprint density at radius 3 is 3.00 bits per heavy atom. The van der Waals surface area contributed by atoms with Gasteiger partial charge in [-0.25, -0.2) is 0 Å². The molecule has 92 valence electrons.